The fourth-order valence-electron chi connectivity index (χ4n) is 3.76. The maximum Gasteiger partial charge on any atom is 0.163 e. The van der Waals surface area contributed by atoms with E-state index in [1.165, 1.54) is 6.20 Å². The third-order valence-corrected chi connectivity index (χ3v) is 4.83. The molecule has 1 aromatic heterocycles. The third-order valence-electron chi connectivity index (χ3n) is 4.83. The normalized spacial score (nSPS) is 21.2. The van der Waals surface area contributed by atoms with Gasteiger partial charge in [-0.1, -0.05) is 26.0 Å². The molecule has 0 bridgehead atoms. The van der Waals surface area contributed by atoms with Gasteiger partial charge in [-0.2, -0.15) is 10.4 Å². The Morgan fingerprint density at radius 2 is 2.04 bits per heavy atom. The number of nitriles is 1. The van der Waals surface area contributed by atoms with E-state index in [-0.39, 0.29) is 16.9 Å². The molecule has 0 saturated heterocycles. The molecule has 0 fully saturated rings. The van der Waals surface area contributed by atoms with Gasteiger partial charge < -0.3 is 10.4 Å². The van der Waals surface area contributed by atoms with Crippen molar-refractivity contribution in [2.24, 2.45) is 5.41 Å². The van der Waals surface area contributed by atoms with E-state index >= 15 is 0 Å². The van der Waals surface area contributed by atoms with Crippen LogP contribution < -0.4 is 5.32 Å². The van der Waals surface area contributed by atoms with Crippen LogP contribution in [-0.4, -0.2) is 20.7 Å². The number of fused-ring (bicyclic) bond motifs is 1. The average Bonchev–Trinajstić information content (AvgIpc) is 2.95. The maximum absolute atomic E-state index is 12.9. The minimum absolute atomic E-state index is 0.0940. The molecule has 1 aliphatic heterocycles. The monoisotopic (exact) mass is 334 g/mol. The van der Waals surface area contributed by atoms with Crippen LogP contribution >= 0.6 is 0 Å². The van der Waals surface area contributed by atoms with Crippen molar-refractivity contribution in [1.29, 1.82) is 5.26 Å². The lowest BCUT2D eigenvalue weighted by Crippen LogP contribution is -2.36. The summed E-state index contributed by atoms with van der Waals surface area (Å²) in [6.45, 7) is 4.14. The zero-order chi connectivity index (χ0) is 17.8. The van der Waals surface area contributed by atoms with Gasteiger partial charge in [-0.05, 0) is 29.5 Å². The number of allylic oxidation sites excluding steroid dienone is 2. The lowest BCUT2D eigenvalue weighted by Gasteiger charge is -2.38. The van der Waals surface area contributed by atoms with Crippen molar-refractivity contribution in [3.05, 3.63) is 52.9 Å². The van der Waals surface area contributed by atoms with E-state index in [1.807, 2.05) is 0 Å². The first-order valence-corrected chi connectivity index (χ1v) is 8.19. The Morgan fingerprint density at radius 3 is 2.72 bits per heavy atom. The molecule has 2 N–H and O–H groups in total. The molecule has 6 nitrogen and oxygen atoms in total. The molecule has 1 unspecified atom stereocenters. The second kappa shape index (κ2) is 5.21. The lowest BCUT2D eigenvalue weighted by atomic mass is 9.73. The molecule has 2 aromatic rings. The van der Waals surface area contributed by atoms with Gasteiger partial charge in [0, 0.05) is 17.7 Å². The Morgan fingerprint density at radius 1 is 1.32 bits per heavy atom. The first-order valence-electron chi connectivity index (χ1n) is 8.19. The summed E-state index contributed by atoms with van der Waals surface area (Å²) in [5, 5.41) is 26.6. The number of Topliss-reactive ketones (excluding diaryl/α,β-unsaturated/α-hetero) is 1. The number of aromatic nitrogens is 2. The van der Waals surface area contributed by atoms with Gasteiger partial charge in [0.25, 0.3) is 0 Å². The van der Waals surface area contributed by atoms with Crippen LogP contribution in [0.5, 0.6) is 5.75 Å². The van der Waals surface area contributed by atoms with Gasteiger partial charge in [-0.15, -0.1) is 0 Å². The topological polar surface area (TPSA) is 90.9 Å². The second-order valence-corrected chi connectivity index (χ2v) is 7.42. The van der Waals surface area contributed by atoms with Crippen molar-refractivity contribution >= 4 is 11.6 Å². The second-order valence-electron chi connectivity index (χ2n) is 7.42. The van der Waals surface area contributed by atoms with Crippen molar-refractivity contribution < 1.29 is 9.90 Å². The van der Waals surface area contributed by atoms with Gasteiger partial charge in [0.05, 0.1) is 6.20 Å². The molecule has 0 saturated carbocycles. The highest BCUT2D eigenvalue weighted by Crippen LogP contribution is 2.46. The van der Waals surface area contributed by atoms with Crippen LogP contribution in [0.15, 0.2) is 41.7 Å². The fourth-order valence-corrected chi connectivity index (χ4v) is 3.76. The number of ketones is 1. The van der Waals surface area contributed by atoms with Crippen LogP contribution in [0.1, 0.15) is 43.9 Å². The number of aromatic hydroxyl groups is 1. The smallest absolute Gasteiger partial charge is 0.163 e. The van der Waals surface area contributed by atoms with Crippen molar-refractivity contribution in [3.8, 4) is 11.8 Å². The van der Waals surface area contributed by atoms with Crippen molar-refractivity contribution in [1.82, 2.24) is 9.78 Å². The molecule has 25 heavy (non-hydrogen) atoms. The van der Waals surface area contributed by atoms with Crippen LogP contribution in [0, 0.1) is 16.7 Å². The molecular formula is C19H18N4O2. The number of carbonyl (C=O) groups excluding carboxylic acids is 1. The standard InChI is InChI=1S/C19H18N4O2/c1-19(2)7-14-16(15(25)8-19)17(11-3-5-13(24)6-4-11)23-18(22-14)12(9-20)10-21-23/h3-6,10,17,22,24H,7-8H2,1-2H3. The Hall–Kier alpha value is -3.07. The summed E-state index contributed by atoms with van der Waals surface area (Å²) in [5.41, 5.74) is 2.74. The van der Waals surface area contributed by atoms with E-state index in [2.05, 4.69) is 30.3 Å². The van der Waals surface area contributed by atoms with Gasteiger partial charge in [-0.3, -0.25) is 4.79 Å². The highest BCUT2D eigenvalue weighted by molar-refractivity contribution is 6.00. The number of phenols is 1. The largest absolute Gasteiger partial charge is 0.508 e. The number of nitrogens with zero attached hydrogens (tertiary/aromatic N) is 3. The number of anilines is 1. The average molecular weight is 334 g/mol. The summed E-state index contributed by atoms with van der Waals surface area (Å²) in [4.78, 5) is 12.9. The molecule has 1 aromatic carbocycles. The van der Waals surface area contributed by atoms with Crippen LogP contribution in [0.2, 0.25) is 0 Å². The molecule has 1 aliphatic carbocycles. The highest BCUT2D eigenvalue weighted by Gasteiger charge is 2.41. The summed E-state index contributed by atoms with van der Waals surface area (Å²) < 4.78 is 1.69. The van der Waals surface area contributed by atoms with Crippen LogP contribution in [0.4, 0.5) is 5.82 Å². The summed E-state index contributed by atoms with van der Waals surface area (Å²) >= 11 is 0. The van der Waals surface area contributed by atoms with Crippen molar-refractivity contribution in [3.63, 3.8) is 0 Å². The Bertz CT molecular complexity index is 945. The molecule has 6 heteroatoms. The highest BCUT2D eigenvalue weighted by atomic mass is 16.3. The third kappa shape index (κ3) is 2.40. The summed E-state index contributed by atoms with van der Waals surface area (Å²) in [6.07, 6.45) is 2.73. The Balaban J connectivity index is 1.93. The Labute approximate surface area is 145 Å². The zero-order valence-corrected chi connectivity index (χ0v) is 14.1. The van der Waals surface area contributed by atoms with Crippen molar-refractivity contribution in [2.75, 3.05) is 5.32 Å². The molecule has 2 heterocycles. The first kappa shape index (κ1) is 15.5. The number of rotatable bonds is 1. The molecule has 2 aliphatic rings. The molecule has 1 atom stereocenters. The predicted octanol–water partition coefficient (Wildman–Crippen LogP) is 3.12. The maximum atomic E-state index is 12.9. The summed E-state index contributed by atoms with van der Waals surface area (Å²) in [7, 11) is 0. The number of phenolic OH excluding ortho intramolecular Hbond substituents is 1. The van der Waals surface area contributed by atoms with Gasteiger partial charge in [0.1, 0.15) is 29.2 Å². The van der Waals surface area contributed by atoms with E-state index < -0.39 is 6.04 Å². The summed E-state index contributed by atoms with van der Waals surface area (Å²) in [5.74, 6) is 0.878. The van der Waals surface area contributed by atoms with Gasteiger partial charge >= 0.3 is 0 Å². The number of nitrogens with one attached hydrogen (secondary N) is 1. The minimum atomic E-state index is -0.391. The molecule has 126 valence electrons. The molecule has 0 radical (unpaired) electrons. The number of benzene rings is 1. The summed E-state index contributed by atoms with van der Waals surface area (Å²) in [6, 6.07) is 8.54. The van der Waals surface area contributed by atoms with E-state index in [1.54, 1.807) is 28.9 Å². The van der Waals surface area contributed by atoms with E-state index in [9.17, 15) is 15.2 Å². The molecular weight excluding hydrogens is 316 g/mol. The van der Waals surface area contributed by atoms with Gasteiger partial charge in [0.15, 0.2) is 5.78 Å². The fraction of sp³-hybridized carbons (Fsp3) is 0.316. The SMILES string of the molecule is CC1(C)CC(=O)C2=C(C1)Nc1c(C#N)cnn1C2c1ccc(O)cc1. The zero-order valence-electron chi connectivity index (χ0n) is 14.1. The number of hydrogen-bond acceptors (Lipinski definition) is 5. The number of hydrogen-bond donors (Lipinski definition) is 2. The van der Waals surface area contributed by atoms with E-state index in [4.69, 9.17) is 0 Å². The molecule has 0 amide bonds. The minimum Gasteiger partial charge on any atom is -0.508 e. The Kier molecular flexibility index (Phi) is 3.22. The molecule has 0 spiro atoms. The lowest BCUT2D eigenvalue weighted by molar-refractivity contribution is -0.118. The number of carbonyl (C=O) groups is 1. The van der Waals surface area contributed by atoms with Gasteiger partial charge in [0.2, 0.25) is 0 Å². The first-order chi connectivity index (χ1) is 11.9. The van der Waals surface area contributed by atoms with Crippen LogP contribution in [0.25, 0.3) is 0 Å². The van der Waals surface area contributed by atoms with Gasteiger partial charge in [-0.25, -0.2) is 4.68 Å². The van der Waals surface area contributed by atoms with Crippen LogP contribution in [0.3, 0.4) is 0 Å². The van der Waals surface area contributed by atoms with Crippen molar-refractivity contribution in [2.45, 2.75) is 32.7 Å². The van der Waals surface area contributed by atoms with E-state index in [0.717, 1.165) is 17.7 Å². The predicted molar refractivity (Wildman–Crippen MR) is 91.9 cm³/mol. The van der Waals surface area contributed by atoms with Crippen LogP contribution in [-0.2, 0) is 4.79 Å². The molecule has 4 rings (SSSR count). The quantitative estimate of drug-likeness (QED) is 0.836. The van der Waals surface area contributed by atoms with E-state index in [0.29, 0.717) is 23.4 Å².